The van der Waals surface area contributed by atoms with Crippen LogP contribution in [-0.2, 0) is 42.6 Å². The summed E-state index contributed by atoms with van der Waals surface area (Å²) in [6.07, 6.45) is -24.9. The molecule has 23 heteroatoms. The lowest BCUT2D eigenvalue weighted by Crippen LogP contribution is -2.67. The van der Waals surface area contributed by atoms with Crippen molar-refractivity contribution in [2.24, 2.45) is 46.3 Å². The van der Waals surface area contributed by atoms with Crippen molar-refractivity contribution >= 4 is 0 Å². The van der Waals surface area contributed by atoms with Gasteiger partial charge in [0.05, 0.1) is 50.3 Å². The Balaban J connectivity index is 0.861. The van der Waals surface area contributed by atoms with Crippen LogP contribution in [0.3, 0.4) is 0 Å². The number of hydrogen-bond acceptors (Lipinski definition) is 23. The van der Waals surface area contributed by atoms with Gasteiger partial charge in [0, 0.05) is 12.3 Å². The molecule has 32 atom stereocenters. The first-order chi connectivity index (χ1) is 34.9. The van der Waals surface area contributed by atoms with Gasteiger partial charge in [-0.1, -0.05) is 39.3 Å². The summed E-state index contributed by atoms with van der Waals surface area (Å²) in [4.78, 5) is 0. The Morgan fingerprint density at radius 1 is 0.662 bits per heavy atom. The van der Waals surface area contributed by atoms with Gasteiger partial charge in [-0.15, -0.1) is 0 Å². The first kappa shape index (κ1) is 57.5. The average Bonchev–Trinajstić information content (AvgIpc) is 3.82. The molecule has 0 spiro atoms. The molecular formula is C51H84O23. The number of hydrogen-bond donors (Lipinski definition) is 14. The van der Waals surface area contributed by atoms with E-state index in [1.165, 1.54) is 13.8 Å². The van der Waals surface area contributed by atoms with Crippen molar-refractivity contribution in [3.63, 3.8) is 0 Å². The molecule has 0 aromatic rings. The molecule has 426 valence electrons. The maximum Gasteiger partial charge on any atom is 0.187 e. The summed E-state index contributed by atoms with van der Waals surface area (Å²) < 4.78 is 54.2. The van der Waals surface area contributed by atoms with E-state index in [0.717, 1.165) is 31.3 Å². The fraction of sp³-hybridized carbons (Fsp3) is 0.961. The summed E-state index contributed by atoms with van der Waals surface area (Å²) in [7, 11) is 0. The average molecular weight is 1070 g/mol. The van der Waals surface area contributed by atoms with Crippen molar-refractivity contribution in [1.82, 2.24) is 0 Å². The molecule has 9 rings (SSSR count). The Bertz CT molecular complexity index is 1930. The number of aliphatic hydroxyl groups is 14. The first-order valence-electron chi connectivity index (χ1n) is 26.9. The van der Waals surface area contributed by atoms with Gasteiger partial charge in [0.2, 0.25) is 0 Å². The molecule has 0 bridgehead atoms. The Morgan fingerprint density at radius 2 is 1.24 bits per heavy atom. The van der Waals surface area contributed by atoms with Crippen molar-refractivity contribution < 1.29 is 114 Å². The molecule has 74 heavy (non-hydrogen) atoms. The minimum atomic E-state index is -1.80. The molecular weight excluding hydrogens is 981 g/mol. The van der Waals surface area contributed by atoms with Gasteiger partial charge in [0.1, 0.15) is 85.5 Å². The molecule has 0 aromatic carbocycles. The van der Waals surface area contributed by atoms with Crippen molar-refractivity contribution in [1.29, 1.82) is 0 Å². The first-order valence-corrected chi connectivity index (χ1v) is 26.9. The van der Waals surface area contributed by atoms with Gasteiger partial charge in [-0.3, -0.25) is 0 Å². The van der Waals surface area contributed by atoms with Gasteiger partial charge >= 0.3 is 0 Å². The van der Waals surface area contributed by atoms with E-state index in [1.807, 2.05) is 6.92 Å². The molecule has 5 aliphatic heterocycles. The highest BCUT2D eigenvalue weighted by Crippen LogP contribution is 2.70. The molecule has 0 amide bonds. The van der Waals surface area contributed by atoms with E-state index in [1.54, 1.807) is 0 Å². The lowest BCUT2D eigenvalue weighted by molar-refractivity contribution is -0.390. The standard InChI is InChI=1S/C51H84O23/c1-19(18-66-45-39(61)38(60)35(57)30(16-52)70-45)9-12-51(65)20(2)32-29(74-51)14-26-24-8-7-23-13-28(27(54)15-50(23,6)25(24)10-11-49(26,32)5)69-48-44(73-47-41(63)37(59)34(56)22(4)68-47)42(64)43(31(17-53)71-48)72-46-40(62)36(58)33(55)21(3)67-46/h7,19-22,24-48,52-65H,8-18H2,1-6H3/t19-,20+,21+,22+,24-,25+,26+,27-,28-,29+,30-,31-,32+,33+,34+,35-,36-,37-,38+,39-,40-,41-,42+,43-,44-,45-,46+,47+,48-,49+,50+,51-/m1/s1. The molecule has 14 N–H and O–H groups in total. The molecule has 23 nitrogen and oxygen atoms in total. The number of aliphatic hydroxyl groups excluding tert-OH is 13. The maximum absolute atomic E-state index is 12.1. The highest BCUT2D eigenvalue weighted by Gasteiger charge is 2.68. The normalized spacial score (nSPS) is 55.9. The molecule has 9 aliphatic rings. The second-order valence-electron chi connectivity index (χ2n) is 24.0. The summed E-state index contributed by atoms with van der Waals surface area (Å²) in [6, 6.07) is 0. The van der Waals surface area contributed by atoms with E-state index >= 15 is 0 Å². The Hall–Kier alpha value is -1.18. The van der Waals surface area contributed by atoms with Gasteiger partial charge in [-0.25, -0.2) is 0 Å². The highest BCUT2D eigenvalue weighted by molar-refractivity contribution is 5.27. The highest BCUT2D eigenvalue weighted by atomic mass is 16.8. The lowest BCUT2D eigenvalue weighted by atomic mass is 9.46. The van der Waals surface area contributed by atoms with Crippen LogP contribution < -0.4 is 0 Å². The van der Waals surface area contributed by atoms with Crippen LogP contribution in [0, 0.1) is 46.3 Å². The van der Waals surface area contributed by atoms with Crippen LogP contribution >= 0.6 is 0 Å². The van der Waals surface area contributed by atoms with E-state index in [0.29, 0.717) is 19.3 Å². The summed E-state index contributed by atoms with van der Waals surface area (Å²) in [5, 5.41) is 151. The van der Waals surface area contributed by atoms with Crippen molar-refractivity contribution in [3.05, 3.63) is 11.6 Å². The Kier molecular flexibility index (Phi) is 17.1. The van der Waals surface area contributed by atoms with E-state index in [4.69, 9.17) is 42.6 Å². The zero-order chi connectivity index (χ0) is 53.7. The van der Waals surface area contributed by atoms with E-state index in [-0.39, 0.29) is 60.1 Å². The zero-order valence-corrected chi connectivity index (χ0v) is 43.0. The number of fused-ring (bicyclic) bond motifs is 7. The molecule has 4 aliphatic carbocycles. The molecule has 5 heterocycles. The maximum atomic E-state index is 12.1. The predicted octanol–water partition coefficient (Wildman–Crippen LogP) is -3.01. The van der Waals surface area contributed by atoms with Crippen LogP contribution in [0.5, 0.6) is 0 Å². The minimum Gasteiger partial charge on any atom is -0.394 e. The molecule has 0 aromatic heterocycles. The third-order valence-electron chi connectivity index (χ3n) is 19.5. The van der Waals surface area contributed by atoms with Crippen LogP contribution in [0.15, 0.2) is 11.6 Å². The molecule has 3 saturated carbocycles. The van der Waals surface area contributed by atoms with Gasteiger partial charge in [0.15, 0.2) is 30.9 Å². The smallest absolute Gasteiger partial charge is 0.187 e. The number of allylic oxidation sites excluding steroid dienone is 1. The van der Waals surface area contributed by atoms with Crippen molar-refractivity contribution in [2.75, 3.05) is 19.8 Å². The second kappa shape index (κ2) is 22.0. The minimum absolute atomic E-state index is 0.0979. The van der Waals surface area contributed by atoms with E-state index < -0.39 is 159 Å². The van der Waals surface area contributed by atoms with Crippen LogP contribution in [0.2, 0.25) is 0 Å². The van der Waals surface area contributed by atoms with Gasteiger partial charge in [-0.05, 0) is 99.2 Å². The fourth-order valence-corrected chi connectivity index (χ4v) is 15.0. The Morgan fingerprint density at radius 3 is 1.86 bits per heavy atom. The van der Waals surface area contributed by atoms with E-state index in [2.05, 4.69) is 26.8 Å². The van der Waals surface area contributed by atoms with Gasteiger partial charge in [-0.2, -0.15) is 0 Å². The quantitative estimate of drug-likeness (QED) is 0.0771. The fourth-order valence-electron chi connectivity index (χ4n) is 15.0. The van der Waals surface area contributed by atoms with Crippen molar-refractivity contribution in [2.45, 2.75) is 240 Å². The van der Waals surface area contributed by atoms with Crippen LogP contribution in [0.25, 0.3) is 0 Å². The zero-order valence-electron chi connectivity index (χ0n) is 43.0. The molecule has 5 saturated heterocycles. The van der Waals surface area contributed by atoms with Gasteiger partial charge in [0.25, 0.3) is 0 Å². The van der Waals surface area contributed by atoms with E-state index in [9.17, 15) is 71.5 Å². The van der Waals surface area contributed by atoms with Gasteiger partial charge < -0.3 is 114 Å². The molecule has 0 radical (unpaired) electrons. The van der Waals surface area contributed by atoms with Crippen molar-refractivity contribution in [3.8, 4) is 0 Å². The Labute approximate surface area is 430 Å². The monoisotopic (exact) mass is 1060 g/mol. The third kappa shape index (κ3) is 10.1. The summed E-state index contributed by atoms with van der Waals surface area (Å²) in [5.74, 6) is -0.782. The summed E-state index contributed by atoms with van der Waals surface area (Å²) >= 11 is 0. The lowest BCUT2D eigenvalue weighted by Gasteiger charge is -2.59. The molecule has 0 unspecified atom stereocenters. The van der Waals surface area contributed by atoms with Crippen LogP contribution in [0.1, 0.15) is 92.9 Å². The SMILES string of the molecule is C[C@H](CC[C@@]1(O)O[C@H]2C[C@H]3[C@@H]4CC=C5C[C@@H](O[C@@H]6O[C@H](CO)[C@@H](O[C@@H]7O[C@@H](C)[C@H](O)[C@@H](O)[C@H]7O)[C@H](O)[C@H]6O[C@@H]6O[C@@H](C)[C@H](O)[C@@H](O)[C@H]6O)[C@H](O)C[C@]5(C)[C@H]4CC[C@]3(C)[C@H]2[C@@H]1C)CO[C@@H]1O[C@H](CO)[C@@H](O)[C@H](O)[C@H]1O. The molecule has 8 fully saturated rings. The largest absolute Gasteiger partial charge is 0.394 e. The second-order valence-corrected chi connectivity index (χ2v) is 24.0. The topological polar surface area (TPSA) is 366 Å². The number of rotatable bonds is 14. The van der Waals surface area contributed by atoms with Crippen LogP contribution in [-0.4, -0.2) is 238 Å². The van der Waals surface area contributed by atoms with Crippen LogP contribution in [0.4, 0.5) is 0 Å². The third-order valence-corrected chi connectivity index (χ3v) is 19.5. The summed E-state index contributed by atoms with van der Waals surface area (Å²) in [5.41, 5.74) is 0.555. The summed E-state index contributed by atoms with van der Waals surface area (Å²) in [6.45, 7) is 10.3. The predicted molar refractivity (Wildman–Crippen MR) is 250 cm³/mol. The number of ether oxygens (including phenoxy) is 9.